The van der Waals surface area contributed by atoms with Crippen molar-refractivity contribution in [1.82, 2.24) is 20.0 Å². The Labute approximate surface area is 145 Å². The molecular weight excluding hydrogens is 304 g/mol. The Morgan fingerprint density at radius 2 is 2.00 bits per heavy atom. The summed E-state index contributed by atoms with van der Waals surface area (Å²) >= 11 is 0. The van der Waals surface area contributed by atoms with E-state index in [-0.39, 0.29) is 0 Å². The molecule has 2 saturated heterocycles. The molecule has 3 rings (SSSR count). The molecule has 3 atom stereocenters. The third-order valence-electron chi connectivity index (χ3n) is 5.31. The van der Waals surface area contributed by atoms with Gasteiger partial charge >= 0.3 is 0 Å². The summed E-state index contributed by atoms with van der Waals surface area (Å²) in [5, 5.41) is 8.19. The summed E-state index contributed by atoms with van der Waals surface area (Å²) in [5.74, 6) is 0.626. The molecule has 2 aliphatic rings. The molecular formula is C18H32N4O2. The molecule has 3 heterocycles. The summed E-state index contributed by atoms with van der Waals surface area (Å²) in [6.07, 6.45) is 5.31. The van der Waals surface area contributed by atoms with Crippen molar-refractivity contribution < 1.29 is 9.47 Å². The second-order valence-electron chi connectivity index (χ2n) is 7.32. The van der Waals surface area contributed by atoms with E-state index in [1.807, 2.05) is 10.9 Å². The van der Waals surface area contributed by atoms with Crippen LogP contribution in [0.3, 0.4) is 0 Å². The van der Waals surface area contributed by atoms with Gasteiger partial charge in [-0.05, 0) is 27.2 Å². The molecule has 0 aliphatic carbocycles. The highest BCUT2D eigenvalue weighted by atomic mass is 16.5. The van der Waals surface area contributed by atoms with Crippen LogP contribution in [0.1, 0.15) is 44.8 Å². The zero-order valence-electron chi connectivity index (χ0n) is 15.3. The maximum atomic E-state index is 5.65. The smallest absolute Gasteiger partial charge is 0.0594 e. The van der Waals surface area contributed by atoms with Crippen LogP contribution in [-0.2, 0) is 9.47 Å². The second-order valence-corrected chi connectivity index (χ2v) is 7.32. The van der Waals surface area contributed by atoms with E-state index in [0.29, 0.717) is 24.0 Å². The van der Waals surface area contributed by atoms with Gasteiger partial charge in [-0.1, -0.05) is 0 Å². The van der Waals surface area contributed by atoms with Crippen molar-refractivity contribution in [2.75, 3.05) is 46.1 Å². The van der Waals surface area contributed by atoms with Crippen LogP contribution < -0.4 is 5.32 Å². The number of hydrogen-bond donors (Lipinski definition) is 1. The highest BCUT2D eigenvalue weighted by Crippen LogP contribution is 2.23. The van der Waals surface area contributed by atoms with E-state index in [4.69, 9.17) is 9.47 Å². The lowest BCUT2D eigenvalue weighted by molar-refractivity contribution is 0.000912. The zero-order valence-corrected chi connectivity index (χ0v) is 15.3. The van der Waals surface area contributed by atoms with Gasteiger partial charge in [0.2, 0.25) is 0 Å². The second kappa shape index (κ2) is 8.43. The zero-order chi connectivity index (χ0) is 16.9. The van der Waals surface area contributed by atoms with Crippen LogP contribution in [0.4, 0.5) is 0 Å². The molecule has 1 aromatic rings. The van der Waals surface area contributed by atoms with Gasteiger partial charge in [-0.2, -0.15) is 5.10 Å². The first-order valence-corrected chi connectivity index (χ1v) is 9.32. The number of nitrogens with one attached hydrogen (secondary N) is 1. The highest BCUT2D eigenvalue weighted by molar-refractivity contribution is 5.09. The minimum Gasteiger partial charge on any atom is -0.381 e. The van der Waals surface area contributed by atoms with Crippen molar-refractivity contribution in [3.8, 4) is 0 Å². The quantitative estimate of drug-likeness (QED) is 0.823. The van der Waals surface area contributed by atoms with E-state index in [9.17, 15) is 0 Å². The Kier molecular flexibility index (Phi) is 6.27. The maximum Gasteiger partial charge on any atom is 0.0594 e. The molecule has 0 spiro atoms. The summed E-state index contributed by atoms with van der Waals surface area (Å²) in [4.78, 5) is 2.58. The topological polar surface area (TPSA) is 51.5 Å². The molecule has 0 bridgehead atoms. The van der Waals surface area contributed by atoms with Crippen LogP contribution in [-0.4, -0.2) is 66.8 Å². The summed E-state index contributed by atoms with van der Waals surface area (Å²) in [6, 6.07) is 1.24. The molecule has 0 amide bonds. The van der Waals surface area contributed by atoms with Gasteiger partial charge in [0.15, 0.2) is 0 Å². The van der Waals surface area contributed by atoms with Crippen LogP contribution >= 0.6 is 0 Å². The molecule has 24 heavy (non-hydrogen) atoms. The highest BCUT2D eigenvalue weighted by Gasteiger charge is 2.31. The van der Waals surface area contributed by atoms with E-state index < -0.39 is 0 Å². The van der Waals surface area contributed by atoms with Gasteiger partial charge in [-0.15, -0.1) is 0 Å². The normalized spacial score (nSPS) is 25.2. The molecule has 2 aliphatic heterocycles. The van der Waals surface area contributed by atoms with Crippen LogP contribution in [0.2, 0.25) is 0 Å². The molecule has 0 aromatic carbocycles. The standard InChI is InChI=1S/C18H32N4O2/c1-14(2)22-12-17(10-20-22)15(3)19-11-18(16-4-7-24-13-16)21-5-8-23-9-6-21/h10,12,14-16,18-19H,4-9,11,13H2,1-3H3/t15-,16+,18-/m0/s1. The van der Waals surface area contributed by atoms with Crippen LogP contribution in [0, 0.1) is 5.92 Å². The number of aromatic nitrogens is 2. The molecule has 6 heteroatoms. The van der Waals surface area contributed by atoms with Crippen molar-refractivity contribution in [2.24, 2.45) is 5.92 Å². The number of hydrogen-bond acceptors (Lipinski definition) is 5. The molecule has 1 N–H and O–H groups in total. The van der Waals surface area contributed by atoms with Crippen LogP contribution in [0.5, 0.6) is 0 Å². The van der Waals surface area contributed by atoms with Gasteiger partial charge in [0.1, 0.15) is 0 Å². The SMILES string of the molecule is CC(C)n1cc([C@H](C)NC[C@@H]([C@@H]2CCOC2)N2CCOCC2)cn1. The Balaban J connectivity index is 1.59. The fraction of sp³-hybridized carbons (Fsp3) is 0.833. The summed E-state index contributed by atoms with van der Waals surface area (Å²) in [5.41, 5.74) is 1.26. The van der Waals surface area contributed by atoms with Gasteiger partial charge in [-0.3, -0.25) is 9.58 Å². The summed E-state index contributed by atoms with van der Waals surface area (Å²) in [6.45, 7) is 13.1. The first-order chi connectivity index (χ1) is 11.6. The van der Waals surface area contributed by atoms with Crippen LogP contribution in [0.15, 0.2) is 12.4 Å². The fourth-order valence-corrected chi connectivity index (χ4v) is 3.63. The minimum absolute atomic E-state index is 0.309. The fourth-order valence-electron chi connectivity index (χ4n) is 3.63. The lowest BCUT2D eigenvalue weighted by atomic mass is 9.96. The van der Waals surface area contributed by atoms with Crippen molar-refractivity contribution in [1.29, 1.82) is 0 Å². The number of nitrogens with zero attached hydrogens (tertiary/aromatic N) is 3. The van der Waals surface area contributed by atoms with E-state index in [1.54, 1.807) is 0 Å². The Morgan fingerprint density at radius 1 is 1.21 bits per heavy atom. The Bertz CT molecular complexity index is 493. The third-order valence-corrected chi connectivity index (χ3v) is 5.31. The average molecular weight is 336 g/mol. The molecule has 0 unspecified atom stereocenters. The van der Waals surface area contributed by atoms with E-state index in [2.05, 4.69) is 42.3 Å². The molecule has 1 aromatic heterocycles. The van der Waals surface area contributed by atoms with Gasteiger partial charge in [0.25, 0.3) is 0 Å². The van der Waals surface area contributed by atoms with Gasteiger partial charge in [0, 0.05) is 62.0 Å². The molecule has 0 saturated carbocycles. The molecule has 136 valence electrons. The maximum absolute atomic E-state index is 5.65. The Hall–Kier alpha value is -0.950. The van der Waals surface area contributed by atoms with E-state index in [1.165, 1.54) is 12.0 Å². The summed E-state index contributed by atoms with van der Waals surface area (Å²) in [7, 11) is 0. The van der Waals surface area contributed by atoms with E-state index >= 15 is 0 Å². The minimum atomic E-state index is 0.309. The third kappa shape index (κ3) is 4.36. The van der Waals surface area contributed by atoms with Crippen molar-refractivity contribution in [3.63, 3.8) is 0 Å². The predicted molar refractivity (Wildman–Crippen MR) is 94.1 cm³/mol. The van der Waals surface area contributed by atoms with E-state index in [0.717, 1.165) is 46.1 Å². The lowest BCUT2D eigenvalue weighted by Gasteiger charge is -2.38. The van der Waals surface area contributed by atoms with Crippen molar-refractivity contribution >= 4 is 0 Å². The first-order valence-electron chi connectivity index (χ1n) is 9.32. The van der Waals surface area contributed by atoms with Gasteiger partial charge < -0.3 is 14.8 Å². The number of rotatable bonds is 7. The van der Waals surface area contributed by atoms with Crippen LogP contribution in [0.25, 0.3) is 0 Å². The molecule has 6 nitrogen and oxygen atoms in total. The lowest BCUT2D eigenvalue weighted by Crippen LogP contribution is -2.51. The largest absolute Gasteiger partial charge is 0.381 e. The first kappa shape index (κ1) is 17.9. The van der Waals surface area contributed by atoms with Gasteiger partial charge in [0.05, 0.1) is 26.0 Å². The Morgan fingerprint density at radius 3 is 2.62 bits per heavy atom. The predicted octanol–water partition coefficient (Wildman–Crippen LogP) is 1.85. The molecule has 2 fully saturated rings. The average Bonchev–Trinajstić information content (AvgIpc) is 3.28. The van der Waals surface area contributed by atoms with Crippen molar-refractivity contribution in [3.05, 3.63) is 18.0 Å². The molecule has 0 radical (unpaired) electrons. The summed E-state index contributed by atoms with van der Waals surface area (Å²) < 4.78 is 13.2. The number of morpholine rings is 1. The monoisotopic (exact) mass is 336 g/mol. The van der Waals surface area contributed by atoms with Gasteiger partial charge in [-0.25, -0.2) is 0 Å². The number of ether oxygens (including phenoxy) is 2. The van der Waals surface area contributed by atoms with Crippen molar-refractivity contribution in [2.45, 2.75) is 45.3 Å².